The molecule has 0 aromatic carbocycles. The molecule has 0 heterocycles. The van der Waals surface area contributed by atoms with Gasteiger partial charge in [0.2, 0.25) is 0 Å². The van der Waals surface area contributed by atoms with Gasteiger partial charge in [-0.05, 0) is 49.2 Å². The minimum absolute atomic E-state index is 0.533. The van der Waals surface area contributed by atoms with Crippen molar-refractivity contribution in [3.63, 3.8) is 0 Å². The maximum Gasteiger partial charge on any atom is 0.166 e. The predicted octanol–water partition coefficient (Wildman–Crippen LogP) is 3.08. The first-order chi connectivity index (χ1) is 7.39. The lowest BCUT2D eigenvalue weighted by atomic mass is 9.76. The van der Waals surface area contributed by atoms with Gasteiger partial charge in [0, 0.05) is 12.6 Å². The van der Waals surface area contributed by atoms with Gasteiger partial charge in [-0.3, -0.25) is 0 Å². The van der Waals surface area contributed by atoms with Crippen LogP contribution in [0, 0.1) is 11.3 Å². The molecule has 3 heteroatoms. The molecule has 2 N–H and O–H groups in total. The van der Waals surface area contributed by atoms with E-state index in [2.05, 4.69) is 38.3 Å². The van der Waals surface area contributed by atoms with Crippen LogP contribution in [-0.2, 0) is 0 Å². The number of hydrogen-bond acceptors (Lipinski definition) is 1. The largest absolute Gasteiger partial charge is 0.362 e. The minimum atomic E-state index is 0.533. The first-order valence-corrected chi connectivity index (χ1v) is 6.84. The van der Waals surface area contributed by atoms with Crippen molar-refractivity contribution < 1.29 is 0 Å². The lowest BCUT2D eigenvalue weighted by Gasteiger charge is -2.35. The Labute approximate surface area is 106 Å². The average Bonchev–Trinajstić information content (AvgIpc) is 2.18. The molecule has 0 atom stereocenters. The Morgan fingerprint density at radius 3 is 2.38 bits per heavy atom. The average molecular weight is 242 g/mol. The van der Waals surface area contributed by atoms with Gasteiger partial charge < -0.3 is 10.6 Å². The lowest BCUT2D eigenvalue weighted by Crippen LogP contribution is -2.45. The van der Waals surface area contributed by atoms with Crippen LogP contribution in [0.25, 0.3) is 0 Å². The lowest BCUT2D eigenvalue weighted by molar-refractivity contribution is 0.217. The van der Waals surface area contributed by atoms with Gasteiger partial charge >= 0.3 is 0 Å². The Morgan fingerprint density at radius 1 is 1.31 bits per heavy atom. The van der Waals surface area contributed by atoms with Crippen LogP contribution in [0.2, 0.25) is 0 Å². The zero-order valence-electron chi connectivity index (χ0n) is 11.1. The maximum absolute atomic E-state index is 5.29. The van der Waals surface area contributed by atoms with E-state index < -0.39 is 0 Å². The second-order valence-corrected chi connectivity index (χ2v) is 6.59. The molecule has 1 aliphatic carbocycles. The molecular formula is C13H26N2S. The van der Waals surface area contributed by atoms with E-state index in [1.54, 1.807) is 0 Å². The summed E-state index contributed by atoms with van der Waals surface area (Å²) in [7, 11) is 0. The zero-order chi connectivity index (χ0) is 12.2. The standard InChI is InChI=1S/C13H26N2S/c1-10(2)9-14-12(16)15-11-5-7-13(3,4)8-6-11/h10-11H,5-9H2,1-4H3,(H2,14,15,16). The predicted molar refractivity (Wildman–Crippen MR) is 74.6 cm³/mol. The molecule has 1 fully saturated rings. The van der Waals surface area contributed by atoms with E-state index in [0.717, 1.165) is 11.7 Å². The third-order valence-corrected chi connectivity index (χ3v) is 3.61. The highest BCUT2D eigenvalue weighted by Gasteiger charge is 2.26. The summed E-state index contributed by atoms with van der Waals surface area (Å²) in [5.41, 5.74) is 0.533. The molecule has 94 valence electrons. The minimum Gasteiger partial charge on any atom is -0.362 e. The number of nitrogens with one attached hydrogen (secondary N) is 2. The topological polar surface area (TPSA) is 24.1 Å². The van der Waals surface area contributed by atoms with Gasteiger partial charge in [0.15, 0.2) is 5.11 Å². The van der Waals surface area contributed by atoms with Crippen LogP contribution in [0.4, 0.5) is 0 Å². The smallest absolute Gasteiger partial charge is 0.166 e. The summed E-state index contributed by atoms with van der Waals surface area (Å²) in [5.74, 6) is 0.644. The van der Waals surface area contributed by atoms with E-state index >= 15 is 0 Å². The first kappa shape index (κ1) is 13.8. The second kappa shape index (κ2) is 5.85. The molecule has 0 aromatic rings. The van der Waals surface area contributed by atoms with Crippen molar-refractivity contribution in [1.82, 2.24) is 10.6 Å². The first-order valence-electron chi connectivity index (χ1n) is 6.43. The van der Waals surface area contributed by atoms with Gasteiger partial charge in [-0.1, -0.05) is 27.7 Å². The summed E-state index contributed by atoms with van der Waals surface area (Å²) in [6, 6.07) is 0.584. The van der Waals surface area contributed by atoms with Gasteiger partial charge in [-0.2, -0.15) is 0 Å². The SMILES string of the molecule is CC(C)CNC(=S)NC1CCC(C)(C)CC1. The molecule has 0 aliphatic heterocycles. The third kappa shape index (κ3) is 5.15. The van der Waals surface area contributed by atoms with Crippen LogP contribution in [0.1, 0.15) is 53.4 Å². The Kier molecular flexibility index (Phi) is 5.03. The molecule has 0 spiro atoms. The van der Waals surface area contributed by atoms with Crippen LogP contribution in [0.3, 0.4) is 0 Å². The van der Waals surface area contributed by atoms with Gasteiger partial charge in [0.05, 0.1) is 0 Å². The number of hydrogen-bond donors (Lipinski definition) is 2. The molecule has 0 aromatic heterocycles. The molecular weight excluding hydrogens is 216 g/mol. The van der Waals surface area contributed by atoms with E-state index in [1.165, 1.54) is 25.7 Å². The van der Waals surface area contributed by atoms with Crippen LogP contribution in [0.5, 0.6) is 0 Å². The summed E-state index contributed by atoms with van der Waals surface area (Å²) in [4.78, 5) is 0. The Morgan fingerprint density at radius 2 is 1.88 bits per heavy atom. The quantitative estimate of drug-likeness (QED) is 0.744. The van der Waals surface area contributed by atoms with E-state index in [0.29, 0.717) is 17.4 Å². The highest BCUT2D eigenvalue weighted by molar-refractivity contribution is 7.80. The third-order valence-electron chi connectivity index (χ3n) is 3.35. The summed E-state index contributed by atoms with van der Waals surface area (Å²) < 4.78 is 0. The van der Waals surface area contributed by atoms with Gasteiger partial charge in [-0.15, -0.1) is 0 Å². The molecule has 0 unspecified atom stereocenters. The molecule has 1 aliphatic rings. The van der Waals surface area contributed by atoms with Crippen LogP contribution < -0.4 is 10.6 Å². The molecule has 1 rings (SSSR count). The summed E-state index contributed by atoms with van der Waals surface area (Å²) in [5, 5.41) is 7.53. The number of thiocarbonyl (C=S) groups is 1. The van der Waals surface area contributed by atoms with Crippen molar-refractivity contribution in [1.29, 1.82) is 0 Å². The molecule has 2 nitrogen and oxygen atoms in total. The summed E-state index contributed by atoms with van der Waals surface area (Å²) in [6.45, 7) is 10.1. The van der Waals surface area contributed by atoms with Gasteiger partial charge in [-0.25, -0.2) is 0 Å². The normalized spacial score (nSPS) is 20.8. The van der Waals surface area contributed by atoms with E-state index in [9.17, 15) is 0 Å². The van der Waals surface area contributed by atoms with Crippen molar-refractivity contribution >= 4 is 17.3 Å². The molecule has 1 saturated carbocycles. The Hall–Kier alpha value is -0.310. The molecule has 0 bridgehead atoms. The maximum atomic E-state index is 5.29. The van der Waals surface area contributed by atoms with E-state index in [4.69, 9.17) is 12.2 Å². The van der Waals surface area contributed by atoms with Crippen LogP contribution in [0.15, 0.2) is 0 Å². The van der Waals surface area contributed by atoms with Gasteiger partial charge in [0.1, 0.15) is 0 Å². The fourth-order valence-electron chi connectivity index (χ4n) is 2.08. The van der Waals surface area contributed by atoms with Crippen molar-refractivity contribution in [3.8, 4) is 0 Å². The zero-order valence-corrected chi connectivity index (χ0v) is 11.9. The molecule has 0 radical (unpaired) electrons. The Bertz CT molecular complexity index is 226. The van der Waals surface area contributed by atoms with Crippen molar-refractivity contribution in [3.05, 3.63) is 0 Å². The molecule has 0 saturated heterocycles. The fourth-order valence-corrected chi connectivity index (χ4v) is 2.33. The highest BCUT2D eigenvalue weighted by atomic mass is 32.1. The second-order valence-electron chi connectivity index (χ2n) is 6.19. The van der Waals surface area contributed by atoms with E-state index in [1.807, 2.05) is 0 Å². The molecule has 0 amide bonds. The van der Waals surface area contributed by atoms with Crippen molar-refractivity contribution in [2.24, 2.45) is 11.3 Å². The fraction of sp³-hybridized carbons (Fsp3) is 0.923. The van der Waals surface area contributed by atoms with Crippen molar-refractivity contribution in [2.75, 3.05) is 6.54 Å². The van der Waals surface area contributed by atoms with Crippen molar-refractivity contribution in [2.45, 2.75) is 59.4 Å². The van der Waals surface area contributed by atoms with Crippen LogP contribution >= 0.6 is 12.2 Å². The van der Waals surface area contributed by atoms with E-state index in [-0.39, 0.29) is 0 Å². The molecule has 16 heavy (non-hydrogen) atoms. The summed E-state index contributed by atoms with van der Waals surface area (Å²) in [6.07, 6.45) is 5.10. The van der Waals surface area contributed by atoms with Gasteiger partial charge in [0.25, 0.3) is 0 Å². The number of rotatable bonds is 3. The monoisotopic (exact) mass is 242 g/mol. The van der Waals surface area contributed by atoms with Crippen LogP contribution in [-0.4, -0.2) is 17.7 Å². The Balaban J connectivity index is 2.21. The summed E-state index contributed by atoms with van der Waals surface area (Å²) >= 11 is 5.29. The highest BCUT2D eigenvalue weighted by Crippen LogP contribution is 2.34.